The van der Waals surface area contributed by atoms with Gasteiger partial charge < -0.3 is 15.0 Å². The summed E-state index contributed by atoms with van der Waals surface area (Å²) >= 11 is 0. The number of para-hydroxylation sites is 1. The van der Waals surface area contributed by atoms with Crippen molar-refractivity contribution >= 4 is 5.70 Å². The van der Waals surface area contributed by atoms with E-state index in [1.54, 1.807) is 0 Å². The highest BCUT2D eigenvalue weighted by atomic mass is 16.5. The van der Waals surface area contributed by atoms with Crippen LogP contribution in [0.3, 0.4) is 0 Å². The molecule has 0 saturated carbocycles. The second-order valence-electron chi connectivity index (χ2n) is 9.09. The monoisotopic (exact) mass is 402 g/mol. The van der Waals surface area contributed by atoms with Crippen molar-refractivity contribution in [3.8, 4) is 11.5 Å². The molecule has 5 rings (SSSR count). The Kier molecular flexibility index (Phi) is 5.32. The molecule has 3 heterocycles. The van der Waals surface area contributed by atoms with Crippen LogP contribution in [0.25, 0.3) is 5.70 Å². The second-order valence-corrected chi connectivity index (χ2v) is 9.09. The maximum Gasteiger partial charge on any atom is 0.131 e. The summed E-state index contributed by atoms with van der Waals surface area (Å²) in [6.45, 7) is 8.60. The molecule has 158 valence electrons. The molecule has 3 unspecified atom stereocenters. The van der Waals surface area contributed by atoms with Crippen molar-refractivity contribution in [1.29, 1.82) is 0 Å². The fourth-order valence-corrected chi connectivity index (χ4v) is 6.13. The number of piperidine rings is 1. The quantitative estimate of drug-likeness (QED) is 0.648. The van der Waals surface area contributed by atoms with E-state index in [0.717, 1.165) is 24.6 Å². The summed E-state index contributed by atoms with van der Waals surface area (Å²) in [5, 5.41) is 3.82. The molecule has 3 heteroatoms. The molecule has 3 aliphatic heterocycles. The predicted octanol–water partition coefficient (Wildman–Crippen LogP) is 6.16. The number of nitrogens with zero attached hydrogens (tertiary/aromatic N) is 1. The summed E-state index contributed by atoms with van der Waals surface area (Å²) in [5.74, 6) is 3.21. The highest BCUT2D eigenvalue weighted by Crippen LogP contribution is 2.51. The van der Waals surface area contributed by atoms with Crippen LogP contribution in [0.5, 0.6) is 11.5 Å². The molecular weight excluding hydrogens is 368 g/mol. The van der Waals surface area contributed by atoms with Gasteiger partial charge in [-0.25, -0.2) is 0 Å². The summed E-state index contributed by atoms with van der Waals surface area (Å²) in [5.41, 5.74) is 5.29. The van der Waals surface area contributed by atoms with Crippen LogP contribution < -0.4 is 10.1 Å². The summed E-state index contributed by atoms with van der Waals surface area (Å²) < 4.78 is 6.49. The number of nitrogens with one attached hydrogen (secondary N) is 1. The van der Waals surface area contributed by atoms with Gasteiger partial charge in [0.1, 0.15) is 11.5 Å². The maximum atomic E-state index is 6.49. The van der Waals surface area contributed by atoms with Gasteiger partial charge in [0.25, 0.3) is 0 Å². The van der Waals surface area contributed by atoms with Crippen molar-refractivity contribution < 1.29 is 4.74 Å². The number of rotatable bonds is 5. The van der Waals surface area contributed by atoms with E-state index in [1.165, 1.54) is 48.1 Å². The highest BCUT2D eigenvalue weighted by Gasteiger charge is 2.41. The summed E-state index contributed by atoms with van der Waals surface area (Å²) in [6.07, 6.45) is 7.46. The Labute approximate surface area is 181 Å². The number of benzene rings is 2. The van der Waals surface area contributed by atoms with Crippen LogP contribution in [0.15, 0.2) is 48.5 Å². The lowest BCUT2D eigenvalue weighted by molar-refractivity contribution is 0.267. The molecule has 2 bridgehead atoms. The van der Waals surface area contributed by atoms with Crippen molar-refractivity contribution in [3.63, 3.8) is 0 Å². The number of fused-ring (bicyclic) bond motifs is 4. The third-order valence-electron chi connectivity index (χ3n) is 7.48. The van der Waals surface area contributed by atoms with Crippen LogP contribution in [0.4, 0.5) is 0 Å². The Balaban J connectivity index is 1.56. The maximum absolute atomic E-state index is 6.49. The van der Waals surface area contributed by atoms with Gasteiger partial charge in [0.2, 0.25) is 0 Å². The molecule has 3 atom stereocenters. The van der Waals surface area contributed by atoms with Crippen molar-refractivity contribution in [2.75, 3.05) is 13.1 Å². The Morgan fingerprint density at radius 1 is 1.00 bits per heavy atom. The molecule has 2 aromatic rings. The van der Waals surface area contributed by atoms with E-state index in [4.69, 9.17) is 4.74 Å². The van der Waals surface area contributed by atoms with Crippen LogP contribution in [-0.2, 0) is 0 Å². The van der Waals surface area contributed by atoms with E-state index in [-0.39, 0.29) is 0 Å². The molecule has 30 heavy (non-hydrogen) atoms. The van der Waals surface area contributed by atoms with E-state index >= 15 is 0 Å². The fraction of sp³-hybridized carbons (Fsp3) is 0.481. The Morgan fingerprint density at radius 3 is 2.40 bits per heavy atom. The minimum atomic E-state index is 0.437. The van der Waals surface area contributed by atoms with Gasteiger partial charge in [-0.1, -0.05) is 36.4 Å². The van der Waals surface area contributed by atoms with Gasteiger partial charge in [-0.15, -0.1) is 0 Å². The number of ether oxygens (including phenoxy) is 1. The van der Waals surface area contributed by atoms with Gasteiger partial charge in [0.15, 0.2) is 0 Å². The van der Waals surface area contributed by atoms with Gasteiger partial charge in [-0.3, -0.25) is 0 Å². The van der Waals surface area contributed by atoms with Crippen LogP contribution in [0, 0.1) is 5.92 Å². The van der Waals surface area contributed by atoms with Crippen LogP contribution >= 0.6 is 0 Å². The topological polar surface area (TPSA) is 24.5 Å². The molecule has 2 saturated heterocycles. The molecule has 3 nitrogen and oxygen atoms in total. The molecule has 0 amide bonds. The van der Waals surface area contributed by atoms with Gasteiger partial charge in [-0.05, 0) is 64.5 Å². The highest BCUT2D eigenvalue weighted by molar-refractivity contribution is 5.67. The fourth-order valence-electron chi connectivity index (χ4n) is 6.13. The molecule has 0 radical (unpaired) electrons. The van der Waals surface area contributed by atoms with Crippen molar-refractivity contribution in [2.45, 2.75) is 64.5 Å². The zero-order valence-corrected chi connectivity index (χ0v) is 18.5. The SMILES string of the molecule is C/C=C(\c1ccc2c(c1)Oc1ccccc1C2C1CC2CCC(C1)N2)N(CC)CC. The molecule has 0 spiro atoms. The van der Waals surface area contributed by atoms with E-state index in [0.29, 0.717) is 23.9 Å². The molecule has 0 aliphatic carbocycles. The lowest BCUT2D eigenvalue weighted by Gasteiger charge is -2.38. The van der Waals surface area contributed by atoms with Gasteiger partial charge in [0.05, 0.1) is 0 Å². The lowest BCUT2D eigenvalue weighted by Crippen LogP contribution is -2.40. The normalized spacial score (nSPS) is 27.2. The smallest absolute Gasteiger partial charge is 0.131 e. The first kappa shape index (κ1) is 19.7. The number of hydrogen-bond donors (Lipinski definition) is 1. The summed E-state index contributed by atoms with van der Waals surface area (Å²) in [4.78, 5) is 2.42. The van der Waals surface area contributed by atoms with Gasteiger partial charge in [-0.2, -0.15) is 0 Å². The first-order valence-corrected chi connectivity index (χ1v) is 11.8. The average Bonchev–Trinajstić information content (AvgIpc) is 3.12. The van der Waals surface area contributed by atoms with E-state index < -0.39 is 0 Å². The first-order chi connectivity index (χ1) is 14.7. The lowest BCUT2D eigenvalue weighted by atomic mass is 9.73. The van der Waals surface area contributed by atoms with Gasteiger partial charge in [0, 0.05) is 53.5 Å². The zero-order chi connectivity index (χ0) is 20.7. The Hall–Kier alpha value is -2.26. The van der Waals surface area contributed by atoms with Crippen LogP contribution in [0.1, 0.15) is 69.1 Å². The zero-order valence-electron chi connectivity index (χ0n) is 18.5. The van der Waals surface area contributed by atoms with E-state index in [1.807, 2.05) is 0 Å². The molecule has 1 N–H and O–H groups in total. The van der Waals surface area contributed by atoms with Crippen molar-refractivity contribution in [2.24, 2.45) is 5.92 Å². The summed E-state index contributed by atoms with van der Waals surface area (Å²) in [6, 6.07) is 17.0. The Morgan fingerprint density at radius 2 is 1.70 bits per heavy atom. The van der Waals surface area contributed by atoms with E-state index in [9.17, 15) is 0 Å². The van der Waals surface area contributed by atoms with Crippen molar-refractivity contribution in [3.05, 3.63) is 65.2 Å². The molecule has 2 aromatic carbocycles. The van der Waals surface area contributed by atoms with Crippen LogP contribution in [-0.4, -0.2) is 30.1 Å². The third kappa shape index (κ3) is 3.33. The first-order valence-electron chi connectivity index (χ1n) is 11.8. The van der Waals surface area contributed by atoms with Gasteiger partial charge >= 0.3 is 0 Å². The Bertz CT molecular complexity index is 934. The third-order valence-corrected chi connectivity index (χ3v) is 7.48. The minimum absolute atomic E-state index is 0.437. The summed E-state index contributed by atoms with van der Waals surface area (Å²) in [7, 11) is 0. The van der Waals surface area contributed by atoms with E-state index in [2.05, 4.69) is 79.5 Å². The second kappa shape index (κ2) is 8.11. The minimum Gasteiger partial charge on any atom is -0.457 e. The molecule has 0 aromatic heterocycles. The number of allylic oxidation sites excluding steroid dienone is 1. The number of hydrogen-bond acceptors (Lipinski definition) is 3. The average molecular weight is 403 g/mol. The molecule has 3 aliphatic rings. The standard InChI is InChI=1S/C27H34N2O/c1-4-24(29(5-2)6-3)18-11-14-23-26(17-18)30-25-10-8-7-9-22(25)27(23)19-15-20-12-13-21(16-19)28-20/h4,7-11,14,17,19-21,27-28H,5-6,12-13,15-16H2,1-3H3/b24-4+. The predicted molar refractivity (Wildman–Crippen MR) is 124 cm³/mol. The van der Waals surface area contributed by atoms with Crippen molar-refractivity contribution in [1.82, 2.24) is 10.2 Å². The molecule has 2 fully saturated rings. The largest absolute Gasteiger partial charge is 0.457 e. The molecular formula is C27H34N2O. The van der Waals surface area contributed by atoms with Crippen LogP contribution in [0.2, 0.25) is 0 Å².